The van der Waals surface area contributed by atoms with Crippen LogP contribution in [0.25, 0.3) is 0 Å². The van der Waals surface area contributed by atoms with Gasteiger partial charge in [0.1, 0.15) is 0 Å². The van der Waals surface area contributed by atoms with Gasteiger partial charge in [-0.2, -0.15) is 5.26 Å². The van der Waals surface area contributed by atoms with Crippen LogP contribution in [-0.4, -0.2) is 56.5 Å². The number of halogens is 2. The largest absolute Gasteiger partial charge is 0.504 e. The number of aromatic hydroxyl groups is 1. The molecular weight excluding hydrogens is 377 g/mol. The molecule has 0 bridgehead atoms. The van der Waals surface area contributed by atoms with E-state index in [1.807, 2.05) is 0 Å². The lowest BCUT2D eigenvalue weighted by Gasteiger charge is -2.41. The molecule has 1 aromatic rings. The average molecular weight is 404 g/mol. The van der Waals surface area contributed by atoms with Crippen molar-refractivity contribution < 1.29 is 14.6 Å². The number of nitrogens with zero attached hydrogens (tertiary/aromatic N) is 2. The monoisotopic (exact) mass is 403 g/mol. The van der Waals surface area contributed by atoms with Crippen molar-refractivity contribution in [2.24, 2.45) is 5.92 Å². The molecule has 2 saturated heterocycles. The number of hydrogen-bond donors (Lipinski definition) is 2. The van der Waals surface area contributed by atoms with Crippen molar-refractivity contribution in [3.05, 3.63) is 23.3 Å². The Morgan fingerprint density at radius 1 is 1.27 bits per heavy atom. The number of nitriles is 1. The van der Waals surface area contributed by atoms with Crippen molar-refractivity contribution in [2.75, 3.05) is 46.5 Å². The zero-order chi connectivity index (χ0) is 16.9. The number of rotatable bonds is 4. The van der Waals surface area contributed by atoms with Crippen molar-refractivity contribution in [1.29, 1.82) is 5.26 Å². The summed E-state index contributed by atoms with van der Waals surface area (Å²) in [5.74, 6) is 0.893. The van der Waals surface area contributed by atoms with Crippen LogP contribution >= 0.6 is 24.8 Å². The van der Waals surface area contributed by atoms with Gasteiger partial charge in [-0.15, -0.1) is 24.8 Å². The van der Waals surface area contributed by atoms with Crippen LogP contribution in [0.3, 0.4) is 0 Å². The Morgan fingerprint density at radius 2 is 1.92 bits per heavy atom. The van der Waals surface area contributed by atoms with E-state index < -0.39 is 0 Å². The molecule has 6 nitrogen and oxygen atoms in total. The highest BCUT2D eigenvalue weighted by molar-refractivity contribution is 5.85. The molecule has 146 valence electrons. The molecule has 2 N–H and O–H groups in total. The molecule has 26 heavy (non-hydrogen) atoms. The lowest BCUT2D eigenvalue weighted by molar-refractivity contribution is 0.0205. The van der Waals surface area contributed by atoms with Gasteiger partial charge in [0.05, 0.1) is 18.7 Å². The molecule has 0 saturated carbocycles. The third-order valence-electron chi connectivity index (χ3n) is 5.07. The molecule has 0 radical (unpaired) electrons. The van der Waals surface area contributed by atoms with Crippen molar-refractivity contribution in [3.8, 4) is 17.6 Å². The second-order valence-electron chi connectivity index (χ2n) is 6.37. The summed E-state index contributed by atoms with van der Waals surface area (Å²) in [6.45, 7) is 5.13. The summed E-state index contributed by atoms with van der Waals surface area (Å²) in [5, 5.41) is 23.7. The quantitative estimate of drug-likeness (QED) is 0.803. The highest BCUT2D eigenvalue weighted by Crippen LogP contribution is 2.44. The normalized spacial score (nSPS) is 19.5. The van der Waals surface area contributed by atoms with Crippen LogP contribution in [0.15, 0.2) is 12.1 Å². The molecule has 3 rings (SSSR count). The van der Waals surface area contributed by atoms with E-state index in [1.165, 1.54) is 0 Å². The molecule has 0 amide bonds. The van der Waals surface area contributed by atoms with Gasteiger partial charge in [0.15, 0.2) is 11.5 Å². The maximum atomic E-state index is 10.8. The number of hydrogen-bond acceptors (Lipinski definition) is 6. The minimum atomic E-state index is 0. The first-order valence-electron chi connectivity index (χ1n) is 8.58. The van der Waals surface area contributed by atoms with E-state index in [2.05, 4.69) is 16.3 Å². The average Bonchev–Trinajstić information content (AvgIpc) is 2.65. The van der Waals surface area contributed by atoms with E-state index in [0.29, 0.717) is 22.8 Å². The van der Waals surface area contributed by atoms with Gasteiger partial charge < -0.3 is 19.9 Å². The Labute approximate surface area is 167 Å². The van der Waals surface area contributed by atoms with Crippen molar-refractivity contribution in [3.63, 3.8) is 0 Å². The van der Waals surface area contributed by atoms with E-state index in [0.717, 1.165) is 52.2 Å². The molecule has 2 aliphatic heterocycles. The van der Waals surface area contributed by atoms with E-state index in [1.54, 1.807) is 19.2 Å². The number of benzene rings is 1. The van der Waals surface area contributed by atoms with Crippen LogP contribution in [0.2, 0.25) is 0 Å². The summed E-state index contributed by atoms with van der Waals surface area (Å²) in [6.07, 6.45) is 1.88. The minimum Gasteiger partial charge on any atom is -0.504 e. The maximum Gasteiger partial charge on any atom is 0.163 e. The summed E-state index contributed by atoms with van der Waals surface area (Å²) in [4.78, 5) is 2.39. The zero-order valence-corrected chi connectivity index (χ0v) is 16.6. The smallest absolute Gasteiger partial charge is 0.163 e. The molecule has 2 aliphatic rings. The third kappa shape index (κ3) is 4.73. The number of nitrogens with one attached hydrogen (secondary N) is 1. The van der Waals surface area contributed by atoms with Crippen LogP contribution in [0, 0.1) is 17.2 Å². The van der Waals surface area contributed by atoms with Gasteiger partial charge in [0, 0.05) is 51.0 Å². The summed E-state index contributed by atoms with van der Waals surface area (Å²) in [6, 6.07) is 5.69. The summed E-state index contributed by atoms with van der Waals surface area (Å²) in [7, 11) is 1.54. The molecule has 0 aromatic heterocycles. The first kappa shape index (κ1) is 22.8. The van der Waals surface area contributed by atoms with Crippen LogP contribution in [0.4, 0.5) is 0 Å². The van der Waals surface area contributed by atoms with Gasteiger partial charge in [0.25, 0.3) is 0 Å². The second-order valence-corrected chi connectivity index (χ2v) is 6.37. The Bertz CT molecular complexity index is 594. The van der Waals surface area contributed by atoms with E-state index in [-0.39, 0.29) is 36.6 Å². The lowest BCUT2D eigenvalue weighted by Crippen LogP contribution is -2.47. The van der Waals surface area contributed by atoms with Crippen LogP contribution < -0.4 is 10.1 Å². The van der Waals surface area contributed by atoms with Gasteiger partial charge in [-0.1, -0.05) is 0 Å². The van der Waals surface area contributed by atoms with E-state index >= 15 is 0 Å². The summed E-state index contributed by atoms with van der Waals surface area (Å²) < 4.78 is 10.8. The van der Waals surface area contributed by atoms with Gasteiger partial charge in [-0.25, -0.2) is 0 Å². The fourth-order valence-corrected chi connectivity index (χ4v) is 3.86. The second kappa shape index (κ2) is 10.8. The first-order chi connectivity index (χ1) is 11.8. The SMILES string of the molecule is COc1ccc(C#N)c([C@@H](C2CCOCC2)N2CCNCC2)c1O.Cl.Cl. The summed E-state index contributed by atoms with van der Waals surface area (Å²) >= 11 is 0. The molecule has 0 aliphatic carbocycles. The standard InChI is InChI=1S/C18H25N3O3.2ClH/c1-23-15-3-2-14(12-19)16(18(15)22)17(13-4-10-24-11-5-13)21-8-6-20-7-9-21;;/h2-3,13,17,20,22H,4-11H2,1H3;2*1H/t17-;;/m1../s1. The van der Waals surface area contributed by atoms with Gasteiger partial charge >= 0.3 is 0 Å². The van der Waals surface area contributed by atoms with Gasteiger partial charge in [-0.3, -0.25) is 4.90 Å². The van der Waals surface area contributed by atoms with Gasteiger partial charge in [-0.05, 0) is 30.9 Å². The van der Waals surface area contributed by atoms with Gasteiger partial charge in [0.2, 0.25) is 0 Å². The number of ether oxygens (including phenoxy) is 2. The lowest BCUT2D eigenvalue weighted by atomic mass is 9.83. The van der Waals surface area contributed by atoms with E-state index in [9.17, 15) is 10.4 Å². The molecule has 1 aromatic carbocycles. The predicted octanol–water partition coefficient (Wildman–Crippen LogP) is 2.49. The first-order valence-corrected chi connectivity index (χ1v) is 8.58. The fraction of sp³-hybridized carbons (Fsp3) is 0.611. The van der Waals surface area contributed by atoms with Crippen LogP contribution in [0.5, 0.6) is 11.5 Å². The number of piperazine rings is 1. The zero-order valence-electron chi connectivity index (χ0n) is 14.9. The molecule has 2 fully saturated rings. The highest BCUT2D eigenvalue weighted by atomic mass is 35.5. The molecule has 2 heterocycles. The third-order valence-corrected chi connectivity index (χ3v) is 5.07. The molecule has 0 spiro atoms. The minimum absolute atomic E-state index is 0. The Morgan fingerprint density at radius 3 is 2.50 bits per heavy atom. The van der Waals surface area contributed by atoms with Crippen molar-refractivity contribution in [1.82, 2.24) is 10.2 Å². The Hall–Kier alpha value is -1.23. The predicted molar refractivity (Wildman–Crippen MR) is 105 cm³/mol. The van der Waals surface area contributed by atoms with Crippen molar-refractivity contribution >= 4 is 24.8 Å². The topological polar surface area (TPSA) is 77.8 Å². The Kier molecular flexibility index (Phi) is 9.48. The fourth-order valence-electron chi connectivity index (χ4n) is 3.86. The molecule has 0 unspecified atom stereocenters. The molecular formula is C18H27Cl2N3O3. The van der Waals surface area contributed by atoms with Crippen molar-refractivity contribution in [2.45, 2.75) is 18.9 Å². The number of phenols is 1. The molecule has 1 atom stereocenters. The highest BCUT2D eigenvalue weighted by Gasteiger charge is 2.35. The van der Waals surface area contributed by atoms with Crippen LogP contribution in [0.1, 0.15) is 30.0 Å². The van der Waals surface area contributed by atoms with E-state index in [4.69, 9.17) is 9.47 Å². The number of phenolic OH excluding ortho intramolecular Hbond substituents is 1. The number of methoxy groups -OCH3 is 1. The summed E-state index contributed by atoms with van der Waals surface area (Å²) in [5.41, 5.74) is 1.24. The maximum absolute atomic E-state index is 10.8. The molecule has 8 heteroatoms. The van der Waals surface area contributed by atoms with Crippen LogP contribution in [-0.2, 0) is 4.74 Å². The Balaban J connectivity index is 0.00000169.